The Labute approximate surface area is 153 Å². The van der Waals surface area contributed by atoms with Gasteiger partial charge in [-0.3, -0.25) is 4.79 Å². The molecule has 0 spiro atoms. The van der Waals surface area contributed by atoms with Crippen LogP contribution in [-0.4, -0.2) is 41.9 Å². The third-order valence-electron chi connectivity index (χ3n) is 4.25. The van der Waals surface area contributed by atoms with Crippen LogP contribution < -0.4 is 9.64 Å². The van der Waals surface area contributed by atoms with E-state index in [2.05, 4.69) is 10.1 Å². The second kappa shape index (κ2) is 7.35. The fraction of sp³-hybridized carbons (Fsp3) is 0.526. The molecule has 7 heteroatoms. The SMILES string of the molecule is COc1cccc(-c2noc(N3CCC(C(=O)OC(C)(C)C)CC3)n2)c1. The van der Waals surface area contributed by atoms with Gasteiger partial charge in [-0.15, -0.1) is 0 Å². The minimum absolute atomic E-state index is 0.0775. The summed E-state index contributed by atoms with van der Waals surface area (Å²) in [4.78, 5) is 18.7. The third-order valence-corrected chi connectivity index (χ3v) is 4.25. The Morgan fingerprint density at radius 1 is 1.27 bits per heavy atom. The molecular formula is C19H25N3O4. The third kappa shape index (κ3) is 4.33. The smallest absolute Gasteiger partial charge is 0.324 e. The van der Waals surface area contributed by atoms with Crippen molar-refractivity contribution >= 4 is 12.0 Å². The van der Waals surface area contributed by atoms with Gasteiger partial charge in [0.25, 0.3) is 0 Å². The number of rotatable bonds is 4. The Bertz CT molecular complexity index is 758. The van der Waals surface area contributed by atoms with Crippen LogP contribution in [0.25, 0.3) is 11.4 Å². The zero-order valence-corrected chi connectivity index (χ0v) is 15.7. The molecule has 3 rings (SSSR count). The minimum atomic E-state index is -0.452. The van der Waals surface area contributed by atoms with E-state index >= 15 is 0 Å². The number of nitrogens with zero attached hydrogens (tertiary/aromatic N) is 3. The van der Waals surface area contributed by atoms with Crippen molar-refractivity contribution in [1.82, 2.24) is 10.1 Å². The Morgan fingerprint density at radius 3 is 2.65 bits per heavy atom. The molecule has 0 amide bonds. The molecule has 1 aliphatic heterocycles. The van der Waals surface area contributed by atoms with Crippen LogP contribution in [0.15, 0.2) is 28.8 Å². The molecule has 1 aromatic carbocycles. The van der Waals surface area contributed by atoms with E-state index < -0.39 is 5.60 Å². The number of ether oxygens (including phenoxy) is 2. The molecule has 0 radical (unpaired) electrons. The van der Waals surface area contributed by atoms with E-state index in [1.807, 2.05) is 49.9 Å². The predicted octanol–water partition coefficient (Wildman–Crippen LogP) is 3.30. The largest absolute Gasteiger partial charge is 0.497 e. The highest BCUT2D eigenvalue weighted by molar-refractivity contribution is 5.73. The summed E-state index contributed by atoms with van der Waals surface area (Å²) in [5.74, 6) is 1.06. The van der Waals surface area contributed by atoms with Crippen molar-refractivity contribution in [2.24, 2.45) is 5.92 Å². The van der Waals surface area contributed by atoms with Gasteiger partial charge in [0.1, 0.15) is 11.4 Å². The van der Waals surface area contributed by atoms with E-state index in [-0.39, 0.29) is 11.9 Å². The number of hydrogen-bond acceptors (Lipinski definition) is 7. The second-order valence-electron chi connectivity index (χ2n) is 7.43. The lowest BCUT2D eigenvalue weighted by Crippen LogP contribution is -2.39. The maximum Gasteiger partial charge on any atom is 0.324 e. The van der Waals surface area contributed by atoms with Gasteiger partial charge in [0, 0.05) is 18.7 Å². The molecule has 0 atom stereocenters. The lowest BCUT2D eigenvalue weighted by Gasteiger charge is -2.31. The van der Waals surface area contributed by atoms with Gasteiger partial charge in [-0.25, -0.2) is 0 Å². The molecule has 26 heavy (non-hydrogen) atoms. The number of carbonyl (C=O) groups excluding carboxylic acids is 1. The summed E-state index contributed by atoms with van der Waals surface area (Å²) in [6, 6.07) is 8.00. The van der Waals surface area contributed by atoms with Crippen molar-refractivity contribution in [2.75, 3.05) is 25.1 Å². The fourth-order valence-electron chi connectivity index (χ4n) is 2.91. The topological polar surface area (TPSA) is 77.7 Å². The van der Waals surface area contributed by atoms with E-state index in [4.69, 9.17) is 14.0 Å². The van der Waals surface area contributed by atoms with E-state index in [1.54, 1.807) is 7.11 Å². The van der Waals surface area contributed by atoms with Gasteiger partial charge < -0.3 is 18.9 Å². The summed E-state index contributed by atoms with van der Waals surface area (Å²) in [5, 5.41) is 4.06. The van der Waals surface area contributed by atoms with Crippen LogP contribution >= 0.6 is 0 Å². The van der Waals surface area contributed by atoms with E-state index in [9.17, 15) is 4.79 Å². The van der Waals surface area contributed by atoms with Gasteiger partial charge in [0.05, 0.1) is 13.0 Å². The second-order valence-corrected chi connectivity index (χ2v) is 7.43. The highest BCUT2D eigenvalue weighted by atomic mass is 16.6. The van der Waals surface area contributed by atoms with Crippen LogP contribution in [0, 0.1) is 5.92 Å². The summed E-state index contributed by atoms with van der Waals surface area (Å²) in [6.07, 6.45) is 1.43. The van der Waals surface area contributed by atoms with E-state index in [0.717, 1.165) is 11.3 Å². The summed E-state index contributed by atoms with van der Waals surface area (Å²) in [5.41, 5.74) is 0.384. The Morgan fingerprint density at radius 2 is 2.00 bits per heavy atom. The van der Waals surface area contributed by atoms with Crippen molar-refractivity contribution < 1.29 is 18.8 Å². The van der Waals surface area contributed by atoms with Crippen molar-refractivity contribution in [3.8, 4) is 17.1 Å². The fourth-order valence-corrected chi connectivity index (χ4v) is 2.91. The Kier molecular flexibility index (Phi) is 5.15. The molecule has 0 N–H and O–H groups in total. The molecule has 1 fully saturated rings. The van der Waals surface area contributed by atoms with Gasteiger partial charge in [0.2, 0.25) is 5.82 Å². The van der Waals surface area contributed by atoms with Gasteiger partial charge >= 0.3 is 12.0 Å². The lowest BCUT2D eigenvalue weighted by molar-refractivity contribution is -0.160. The van der Waals surface area contributed by atoms with Crippen LogP contribution in [0.3, 0.4) is 0 Å². The normalized spacial score (nSPS) is 15.8. The van der Waals surface area contributed by atoms with Gasteiger partial charge in [-0.2, -0.15) is 4.98 Å². The highest BCUT2D eigenvalue weighted by Gasteiger charge is 2.30. The van der Waals surface area contributed by atoms with Crippen LogP contribution in [-0.2, 0) is 9.53 Å². The molecule has 0 saturated carbocycles. The molecule has 0 bridgehead atoms. The van der Waals surface area contributed by atoms with Gasteiger partial charge in [0.15, 0.2) is 0 Å². The first kappa shape index (κ1) is 18.2. The maximum absolute atomic E-state index is 12.2. The summed E-state index contributed by atoms with van der Waals surface area (Å²) in [7, 11) is 1.62. The molecule has 140 valence electrons. The first-order valence-corrected chi connectivity index (χ1v) is 8.81. The van der Waals surface area contributed by atoms with Crippen LogP contribution in [0.1, 0.15) is 33.6 Å². The first-order chi connectivity index (χ1) is 12.4. The lowest BCUT2D eigenvalue weighted by atomic mass is 9.97. The van der Waals surface area contributed by atoms with E-state index in [1.165, 1.54) is 0 Å². The summed E-state index contributed by atoms with van der Waals surface area (Å²) in [6.45, 7) is 7.03. The Balaban J connectivity index is 1.62. The minimum Gasteiger partial charge on any atom is -0.497 e. The number of piperidine rings is 1. The van der Waals surface area contributed by atoms with Crippen LogP contribution in [0.4, 0.5) is 6.01 Å². The van der Waals surface area contributed by atoms with Crippen molar-refractivity contribution in [3.63, 3.8) is 0 Å². The summed E-state index contributed by atoms with van der Waals surface area (Å²) < 4.78 is 16.1. The molecule has 7 nitrogen and oxygen atoms in total. The molecule has 2 aromatic rings. The molecular weight excluding hydrogens is 334 g/mol. The Hall–Kier alpha value is -2.57. The summed E-state index contributed by atoms with van der Waals surface area (Å²) >= 11 is 0. The molecule has 1 aliphatic rings. The number of esters is 1. The van der Waals surface area contributed by atoms with Crippen molar-refractivity contribution in [1.29, 1.82) is 0 Å². The zero-order valence-electron chi connectivity index (χ0n) is 15.7. The van der Waals surface area contributed by atoms with Crippen LogP contribution in [0.2, 0.25) is 0 Å². The number of carbonyl (C=O) groups is 1. The molecule has 1 saturated heterocycles. The monoisotopic (exact) mass is 359 g/mol. The van der Waals surface area contributed by atoms with Crippen LogP contribution in [0.5, 0.6) is 5.75 Å². The van der Waals surface area contributed by atoms with Gasteiger partial charge in [-0.1, -0.05) is 17.3 Å². The quantitative estimate of drug-likeness (QED) is 0.775. The standard InChI is InChI=1S/C19H25N3O4/c1-19(2,3)25-17(23)13-8-10-22(11-9-13)18-20-16(21-26-18)14-6-5-7-15(12-14)24-4/h5-7,12-13H,8-11H2,1-4H3. The number of hydrogen-bond donors (Lipinski definition) is 0. The number of benzene rings is 1. The van der Waals surface area contributed by atoms with Crippen molar-refractivity contribution in [3.05, 3.63) is 24.3 Å². The zero-order chi connectivity index (χ0) is 18.7. The molecule has 0 unspecified atom stereocenters. The predicted molar refractivity (Wildman–Crippen MR) is 97.1 cm³/mol. The highest BCUT2D eigenvalue weighted by Crippen LogP contribution is 2.27. The number of methoxy groups -OCH3 is 1. The van der Waals surface area contributed by atoms with Gasteiger partial charge in [-0.05, 0) is 45.7 Å². The maximum atomic E-state index is 12.2. The average Bonchev–Trinajstić information content (AvgIpc) is 3.10. The van der Waals surface area contributed by atoms with E-state index in [0.29, 0.717) is 37.8 Å². The molecule has 1 aromatic heterocycles. The first-order valence-electron chi connectivity index (χ1n) is 8.81. The molecule has 0 aliphatic carbocycles. The number of aromatic nitrogens is 2. The average molecular weight is 359 g/mol. The number of anilines is 1. The van der Waals surface area contributed by atoms with Crippen molar-refractivity contribution in [2.45, 2.75) is 39.2 Å². The molecule has 2 heterocycles.